The first kappa shape index (κ1) is 33.0. The zero-order valence-corrected chi connectivity index (χ0v) is 28.5. The quantitative estimate of drug-likeness (QED) is 0.236. The largest absolute Gasteiger partial charge is 0.397 e. The summed E-state index contributed by atoms with van der Waals surface area (Å²) in [5.41, 5.74) is 10.7. The molecule has 0 saturated carbocycles. The molecule has 2 aromatic carbocycles. The number of carbonyl (C=O) groups excluding carboxylic acids is 1. The fourth-order valence-corrected chi connectivity index (χ4v) is 6.33. The molecule has 6 heterocycles. The van der Waals surface area contributed by atoms with E-state index >= 15 is 0 Å². The lowest BCUT2D eigenvalue weighted by atomic mass is 9.97. The first-order valence-electron chi connectivity index (χ1n) is 16.9. The van der Waals surface area contributed by atoms with Gasteiger partial charge in [-0.3, -0.25) is 30.0 Å². The number of nitrogens with two attached hydrogens (primary N) is 1. The summed E-state index contributed by atoms with van der Waals surface area (Å²) in [6.45, 7) is 9.21. The average Bonchev–Trinajstić information content (AvgIpc) is 3.59. The number of aromatic amines is 1. The Hall–Kier alpha value is -5.50. The van der Waals surface area contributed by atoms with Crippen molar-refractivity contribution in [2.24, 2.45) is 0 Å². The van der Waals surface area contributed by atoms with Crippen LogP contribution in [0.3, 0.4) is 0 Å². The number of pyridine rings is 2. The number of amides is 1. The summed E-state index contributed by atoms with van der Waals surface area (Å²) in [5.74, 6) is 1.17. The summed E-state index contributed by atoms with van der Waals surface area (Å²) in [5, 5.41) is 5.00. The SMILES string of the molecule is CN1CCN(Cc2cnc(NC(=O)c3ccc(-c4cncc5ccccc45)c4nccnc34)[nH]2)CC1.CN1CCN(c2ccc(N)cn2)CC1. The Morgan fingerprint density at radius 3 is 2.26 bits per heavy atom. The average molecular weight is 671 g/mol. The minimum absolute atomic E-state index is 0.288. The van der Waals surface area contributed by atoms with Crippen LogP contribution in [0.15, 0.2) is 85.7 Å². The third-order valence-electron chi connectivity index (χ3n) is 9.28. The fraction of sp³-hybridized carbons (Fsp3) is 0.297. The number of H-pyrrole nitrogens is 1. The molecule has 50 heavy (non-hydrogen) atoms. The minimum atomic E-state index is -0.288. The second-order valence-corrected chi connectivity index (χ2v) is 12.9. The molecule has 4 N–H and O–H groups in total. The van der Waals surface area contributed by atoms with Gasteiger partial charge in [-0.1, -0.05) is 30.3 Å². The zero-order chi connectivity index (χ0) is 34.5. The van der Waals surface area contributed by atoms with Crippen LogP contribution in [0.4, 0.5) is 17.5 Å². The Labute approximate surface area is 291 Å². The Morgan fingerprint density at radius 1 is 0.760 bits per heavy atom. The van der Waals surface area contributed by atoms with Crippen LogP contribution in [0.1, 0.15) is 16.1 Å². The highest BCUT2D eigenvalue weighted by molar-refractivity contribution is 6.14. The number of hydrogen-bond donors (Lipinski definition) is 3. The molecule has 2 aliphatic rings. The number of benzene rings is 2. The predicted octanol–water partition coefficient (Wildman–Crippen LogP) is 3.98. The zero-order valence-electron chi connectivity index (χ0n) is 28.5. The van der Waals surface area contributed by atoms with Gasteiger partial charge in [-0.15, -0.1) is 0 Å². The van der Waals surface area contributed by atoms with Crippen LogP contribution in [-0.2, 0) is 6.54 Å². The third kappa shape index (κ3) is 7.54. The number of rotatable bonds is 6. The lowest BCUT2D eigenvalue weighted by Crippen LogP contribution is -2.44. The highest BCUT2D eigenvalue weighted by Crippen LogP contribution is 2.33. The molecule has 2 fully saturated rings. The predicted molar refractivity (Wildman–Crippen MR) is 198 cm³/mol. The lowest BCUT2D eigenvalue weighted by Gasteiger charge is -2.33. The van der Waals surface area contributed by atoms with Gasteiger partial charge in [-0.05, 0) is 37.7 Å². The van der Waals surface area contributed by atoms with Crippen molar-refractivity contribution in [1.29, 1.82) is 0 Å². The van der Waals surface area contributed by atoms with Crippen molar-refractivity contribution in [1.82, 2.24) is 44.6 Å². The fourth-order valence-electron chi connectivity index (χ4n) is 6.33. The Kier molecular flexibility index (Phi) is 9.87. The monoisotopic (exact) mass is 670 g/mol. The van der Waals surface area contributed by atoms with E-state index < -0.39 is 0 Å². The molecule has 6 aromatic rings. The third-order valence-corrected chi connectivity index (χ3v) is 9.28. The van der Waals surface area contributed by atoms with E-state index in [1.807, 2.05) is 48.8 Å². The van der Waals surface area contributed by atoms with E-state index in [2.05, 4.69) is 75.0 Å². The molecular weight excluding hydrogens is 628 g/mol. The number of imidazole rings is 1. The molecule has 1 amide bonds. The summed E-state index contributed by atoms with van der Waals surface area (Å²) in [6, 6.07) is 15.7. The van der Waals surface area contributed by atoms with Crippen LogP contribution < -0.4 is 16.0 Å². The number of nitrogens with zero attached hydrogens (tertiary/aromatic N) is 9. The van der Waals surface area contributed by atoms with Crippen molar-refractivity contribution in [3.05, 3.63) is 97.0 Å². The van der Waals surface area contributed by atoms with Gasteiger partial charge in [0.25, 0.3) is 5.91 Å². The number of piperazine rings is 2. The van der Waals surface area contributed by atoms with Crippen molar-refractivity contribution in [2.45, 2.75) is 6.54 Å². The number of fused-ring (bicyclic) bond motifs is 2. The Balaban J connectivity index is 0.000000234. The van der Waals surface area contributed by atoms with Gasteiger partial charge in [0.1, 0.15) is 11.3 Å². The summed E-state index contributed by atoms with van der Waals surface area (Å²) in [7, 11) is 4.29. The van der Waals surface area contributed by atoms with Gasteiger partial charge < -0.3 is 25.4 Å². The number of likely N-dealkylation sites (N-methyl/N-ethyl adjacent to an activating group) is 2. The van der Waals surface area contributed by atoms with Crippen LogP contribution in [0, 0.1) is 0 Å². The van der Waals surface area contributed by atoms with Crippen molar-refractivity contribution in [3.8, 4) is 11.1 Å². The molecule has 0 radical (unpaired) electrons. The van der Waals surface area contributed by atoms with Gasteiger partial charge in [-0.25, -0.2) is 9.97 Å². The van der Waals surface area contributed by atoms with Gasteiger partial charge in [-0.2, -0.15) is 0 Å². The molecule has 256 valence electrons. The van der Waals surface area contributed by atoms with E-state index in [1.54, 1.807) is 30.9 Å². The number of carbonyl (C=O) groups is 1. The van der Waals surface area contributed by atoms with Crippen LogP contribution in [0.2, 0.25) is 0 Å². The summed E-state index contributed by atoms with van der Waals surface area (Å²) in [6.07, 6.45) is 10.4. The summed E-state index contributed by atoms with van der Waals surface area (Å²) >= 11 is 0. The molecule has 2 aliphatic heterocycles. The minimum Gasteiger partial charge on any atom is -0.397 e. The number of nitrogens with one attached hydrogen (secondary N) is 2. The molecule has 13 heteroatoms. The summed E-state index contributed by atoms with van der Waals surface area (Å²) in [4.78, 5) is 48.0. The second-order valence-electron chi connectivity index (χ2n) is 12.9. The standard InChI is InChI=1S/C27H26N8O.C10H16N4/c1-34-10-12-35(13-11-34)17-19-15-31-27(32-19)33-26(36)22-7-6-21(24-25(22)30-9-8-29-24)23-16-28-14-18-4-2-3-5-20(18)23;1-13-4-6-14(7-5-13)10-3-2-9(11)8-12-10/h2-9,14-16H,10-13,17H2,1H3,(H2,31,32,33,36);2-3,8H,4-7,11H2,1H3. The number of hydrogen-bond acceptors (Lipinski definition) is 11. The smallest absolute Gasteiger partial charge is 0.260 e. The van der Waals surface area contributed by atoms with Gasteiger partial charge in [0, 0.05) is 100 Å². The highest BCUT2D eigenvalue weighted by Gasteiger charge is 2.19. The number of aromatic nitrogens is 6. The number of anilines is 3. The van der Waals surface area contributed by atoms with Crippen LogP contribution in [0.25, 0.3) is 32.9 Å². The van der Waals surface area contributed by atoms with Gasteiger partial charge in [0.15, 0.2) is 0 Å². The molecule has 4 aromatic heterocycles. The maximum absolute atomic E-state index is 13.3. The molecule has 0 atom stereocenters. The number of nitrogen functional groups attached to an aromatic ring is 1. The molecular formula is C37H42N12O. The second kappa shape index (κ2) is 14.9. The van der Waals surface area contributed by atoms with Gasteiger partial charge in [0.2, 0.25) is 5.95 Å². The van der Waals surface area contributed by atoms with E-state index in [0.717, 1.165) is 98.0 Å². The van der Waals surface area contributed by atoms with E-state index in [1.165, 1.54) is 0 Å². The highest BCUT2D eigenvalue weighted by atomic mass is 16.1. The van der Waals surface area contributed by atoms with Gasteiger partial charge >= 0.3 is 0 Å². The van der Waals surface area contributed by atoms with Crippen LogP contribution >= 0.6 is 0 Å². The molecule has 8 rings (SSSR count). The molecule has 0 spiro atoms. The first-order valence-corrected chi connectivity index (χ1v) is 16.9. The van der Waals surface area contributed by atoms with E-state index in [4.69, 9.17) is 5.73 Å². The Bertz CT molecular complexity index is 2060. The first-order chi connectivity index (χ1) is 24.4. The Morgan fingerprint density at radius 2 is 1.50 bits per heavy atom. The van der Waals surface area contributed by atoms with E-state index in [9.17, 15) is 4.79 Å². The van der Waals surface area contributed by atoms with Crippen LogP contribution in [-0.4, -0.2) is 117 Å². The normalized spacial score (nSPS) is 15.9. The van der Waals surface area contributed by atoms with E-state index in [-0.39, 0.29) is 5.91 Å². The van der Waals surface area contributed by atoms with Crippen molar-refractivity contribution in [2.75, 3.05) is 82.4 Å². The molecule has 0 bridgehead atoms. The van der Waals surface area contributed by atoms with E-state index in [0.29, 0.717) is 22.5 Å². The topological polar surface area (TPSA) is 148 Å². The van der Waals surface area contributed by atoms with Crippen molar-refractivity contribution >= 4 is 45.2 Å². The van der Waals surface area contributed by atoms with Crippen molar-refractivity contribution in [3.63, 3.8) is 0 Å². The lowest BCUT2D eigenvalue weighted by molar-refractivity contribution is 0.102. The molecule has 13 nitrogen and oxygen atoms in total. The van der Waals surface area contributed by atoms with Gasteiger partial charge in [0.05, 0.1) is 34.9 Å². The molecule has 0 aliphatic carbocycles. The van der Waals surface area contributed by atoms with Crippen molar-refractivity contribution < 1.29 is 4.79 Å². The molecule has 2 saturated heterocycles. The summed E-state index contributed by atoms with van der Waals surface area (Å²) < 4.78 is 0. The maximum Gasteiger partial charge on any atom is 0.260 e. The van der Waals surface area contributed by atoms with Crippen LogP contribution in [0.5, 0.6) is 0 Å². The maximum atomic E-state index is 13.3. The molecule has 0 unspecified atom stereocenters.